The van der Waals surface area contributed by atoms with Crippen LogP contribution in [0.3, 0.4) is 0 Å². The molecule has 0 spiro atoms. The Labute approximate surface area is 137 Å². The molecular formula is C14H12Cl2N4O2. The van der Waals surface area contributed by atoms with E-state index < -0.39 is 4.92 Å². The molecule has 0 radical (unpaired) electrons. The van der Waals surface area contributed by atoms with Crippen molar-refractivity contribution < 1.29 is 4.92 Å². The molecule has 0 saturated carbocycles. The Hall–Kier alpha value is -2.18. The molecule has 2 rings (SSSR count). The Morgan fingerprint density at radius 1 is 1.05 bits per heavy atom. The van der Waals surface area contributed by atoms with Crippen LogP contribution in [0.25, 0.3) is 0 Å². The number of rotatable bonds is 4. The summed E-state index contributed by atoms with van der Waals surface area (Å²) in [5.74, 6) is 0. The predicted molar refractivity (Wildman–Crippen MR) is 88.1 cm³/mol. The third-order valence-electron chi connectivity index (χ3n) is 2.84. The van der Waals surface area contributed by atoms with Crippen molar-refractivity contribution in [3.05, 3.63) is 56.6 Å². The number of nitro groups is 1. The number of non-ortho nitro benzene ring substituents is 1. The van der Waals surface area contributed by atoms with Crippen molar-refractivity contribution in [3.8, 4) is 0 Å². The molecule has 0 aromatic heterocycles. The predicted octanol–water partition coefficient (Wildman–Crippen LogP) is 5.38. The van der Waals surface area contributed by atoms with E-state index in [1.165, 1.54) is 12.1 Å². The maximum atomic E-state index is 10.7. The standard InChI is InChI=1S/C14H12Cl2N4O2/c1-19(2)10-5-3-9(4-6-10)17-18-14-12(15)7-11(20(21)22)8-13(14)16/h3-8H,1-2H3. The monoisotopic (exact) mass is 338 g/mol. The minimum Gasteiger partial charge on any atom is -0.378 e. The van der Waals surface area contributed by atoms with E-state index in [1.807, 2.05) is 31.1 Å². The highest BCUT2D eigenvalue weighted by Crippen LogP contribution is 2.37. The summed E-state index contributed by atoms with van der Waals surface area (Å²) in [6, 6.07) is 9.77. The second-order valence-electron chi connectivity index (χ2n) is 4.63. The summed E-state index contributed by atoms with van der Waals surface area (Å²) in [7, 11) is 3.87. The molecule has 0 saturated heterocycles. The number of hydrogen-bond donors (Lipinski definition) is 0. The molecule has 0 bridgehead atoms. The number of benzene rings is 2. The molecule has 0 aliphatic heterocycles. The van der Waals surface area contributed by atoms with Crippen LogP contribution >= 0.6 is 23.2 Å². The van der Waals surface area contributed by atoms with Crippen LogP contribution < -0.4 is 4.90 Å². The summed E-state index contributed by atoms with van der Waals surface area (Å²) in [5.41, 5.74) is 1.66. The van der Waals surface area contributed by atoms with Crippen LogP contribution in [0.15, 0.2) is 46.6 Å². The lowest BCUT2D eigenvalue weighted by molar-refractivity contribution is -0.384. The van der Waals surface area contributed by atoms with Crippen LogP contribution in [-0.2, 0) is 0 Å². The largest absolute Gasteiger partial charge is 0.378 e. The molecule has 2 aromatic rings. The van der Waals surface area contributed by atoms with Gasteiger partial charge >= 0.3 is 0 Å². The van der Waals surface area contributed by atoms with E-state index in [-0.39, 0.29) is 21.4 Å². The van der Waals surface area contributed by atoms with E-state index in [0.717, 1.165) is 5.69 Å². The molecule has 2 aromatic carbocycles. The number of halogens is 2. The second-order valence-corrected chi connectivity index (χ2v) is 5.44. The molecular weight excluding hydrogens is 327 g/mol. The fourth-order valence-corrected chi connectivity index (χ4v) is 2.23. The average Bonchev–Trinajstić information content (AvgIpc) is 2.46. The van der Waals surface area contributed by atoms with Gasteiger partial charge in [0.1, 0.15) is 5.69 Å². The average molecular weight is 339 g/mol. The first kappa shape index (κ1) is 16.2. The van der Waals surface area contributed by atoms with Crippen molar-refractivity contribution in [2.75, 3.05) is 19.0 Å². The number of azo groups is 1. The van der Waals surface area contributed by atoms with Gasteiger partial charge in [0, 0.05) is 31.9 Å². The Morgan fingerprint density at radius 2 is 1.59 bits per heavy atom. The molecule has 0 atom stereocenters. The fraction of sp³-hybridized carbons (Fsp3) is 0.143. The van der Waals surface area contributed by atoms with E-state index in [9.17, 15) is 10.1 Å². The Morgan fingerprint density at radius 3 is 2.05 bits per heavy atom. The van der Waals surface area contributed by atoms with E-state index in [0.29, 0.717) is 5.69 Å². The van der Waals surface area contributed by atoms with Gasteiger partial charge in [-0.2, -0.15) is 5.11 Å². The van der Waals surface area contributed by atoms with Crippen LogP contribution in [0.1, 0.15) is 0 Å². The van der Waals surface area contributed by atoms with Gasteiger partial charge in [0.25, 0.3) is 5.69 Å². The van der Waals surface area contributed by atoms with Gasteiger partial charge in [0.2, 0.25) is 0 Å². The van der Waals surface area contributed by atoms with Crippen molar-refractivity contribution in [2.45, 2.75) is 0 Å². The molecule has 0 aliphatic rings. The smallest absolute Gasteiger partial charge is 0.272 e. The maximum absolute atomic E-state index is 10.7. The lowest BCUT2D eigenvalue weighted by Gasteiger charge is -2.11. The lowest BCUT2D eigenvalue weighted by atomic mass is 10.3. The Kier molecular flexibility index (Phi) is 4.95. The molecule has 0 heterocycles. The molecule has 0 fully saturated rings. The van der Waals surface area contributed by atoms with E-state index >= 15 is 0 Å². The van der Waals surface area contributed by atoms with Gasteiger partial charge in [0.05, 0.1) is 20.7 Å². The minimum absolute atomic E-state index is 0.0767. The highest BCUT2D eigenvalue weighted by Gasteiger charge is 2.14. The van der Waals surface area contributed by atoms with Crippen molar-refractivity contribution in [1.29, 1.82) is 0 Å². The lowest BCUT2D eigenvalue weighted by Crippen LogP contribution is -2.07. The van der Waals surface area contributed by atoms with Crippen molar-refractivity contribution >= 4 is 46.0 Å². The van der Waals surface area contributed by atoms with Gasteiger partial charge in [0.15, 0.2) is 0 Å². The molecule has 0 unspecified atom stereocenters. The van der Waals surface area contributed by atoms with E-state index in [2.05, 4.69) is 10.2 Å². The molecule has 0 N–H and O–H groups in total. The van der Waals surface area contributed by atoms with Crippen LogP contribution in [0, 0.1) is 10.1 Å². The highest BCUT2D eigenvalue weighted by atomic mass is 35.5. The molecule has 8 heteroatoms. The Bertz CT molecular complexity index is 707. The van der Waals surface area contributed by atoms with Crippen LogP contribution in [0.2, 0.25) is 10.0 Å². The van der Waals surface area contributed by atoms with E-state index in [4.69, 9.17) is 23.2 Å². The minimum atomic E-state index is -0.571. The summed E-state index contributed by atoms with van der Waals surface area (Å²) in [4.78, 5) is 12.1. The number of hydrogen-bond acceptors (Lipinski definition) is 5. The highest BCUT2D eigenvalue weighted by molar-refractivity contribution is 6.39. The first-order chi connectivity index (χ1) is 10.4. The van der Waals surface area contributed by atoms with Gasteiger partial charge in [-0.25, -0.2) is 0 Å². The third kappa shape index (κ3) is 3.72. The summed E-state index contributed by atoms with van der Waals surface area (Å²) >= 11 is 11.9. The zero-order chi connectivity index (χ0) is 16.3. The zero-order valence-electron chi connectivity index (χ0n) is 11.8. The molecule has 114 valence electrons. The van der Waals surface area contributed by atoms with Gasteiger partial charge in [-0.15, -0.1) is 5.11 Å². The van der Waals surface area contributed by atoms with Gasteiger partial charge < -0.3 is 4.90 Å². The molecule has 6 nitrogen and oxygen atoms in total. The molecule has 0 amide bonds. The SMILES string of the molecule is CN(C)c1ccc(N=Nc2c(Cl)cc([N+](=O)[O-])cc2Cl)cc1. The first-order valence-electron chi connectivity index (χ1n) is 6.21. The van der Waals surface area contributed by atoms with Gasteiger partial charge in [-0.3, -0.25) is 10.1 Å². The third-order valence-corrected chi connectivity index (χ3v) is 3.42. The molecule has 22 heavy (non-hydrogen) atoms. The number of anilines is 1. The van der Waals surface area contributed by atoms with Gasteiger partial charge in [-0.1, -0.05) is 23.2 Å². The Balaban J connectivity index is 2.28. The normalized spacial score (nSPS) is 10.9. The number of nitro benzene ring substituents is 1. The first-order valence-corrected chi connectivity index (χ1v) is 6.96. The summed E-state index contributed by atoms with van der Waals surface area (Å²) in [6.45, 7) is 0. The topological polar surface area (TPSA) is 71.1 Å². The van der Waals surface area contributed by atoms with Crippen molar-refractivity contribution in [3.63, 3.8) is 0 Å². The number of nitrogens with zero attached hydrogens (tertiary/aromatic N) is 4. The fourth-order valence-electron chi connectivity index (χ4n) is 1.68. The van der Waals surface area contributed by atoms with Crippen molar-refractivity contribution in [1.82, 2.24) is 0 Å². The second kappa shape index (κ2) is 6.72. The summed E-state index contributed by atoms with van der Waals surface area (Å²) in [5, 5.41) is 18.9. The maximum Gasteiger partial charge on any atom is 0.272 e. The van der Waals surface area contributed by atoms with Crippen LogP contribution in [0.4, 0.5) is 22.7 Å². The van der Waals surface area contributed by atoms with E-state index in [1.54, 1.807) is 12.1 Å². The summed E-state index contributed by atoms with van der Waals surface area (Å²) < 4.78 is 0. The summed E-state index contributed by atoms with van der Waals surface area (Å²) in [6.07, 6.45) is 0. The van der Waals surface area contributed by atoms with Crippen LogP contribution in [0.5, 0.6) is 0 Å². The van der Waals surface area contributed by atoms with Gasteiger partial charge in [-0.05, 0) is 24.3 Å². The van der Waals surface area contributed by atoms with Crippen LogP contribution in [-0.4, -0.2) is 19.0 Å². The quantitative estimate of drug-likeness (QED) is 0.426. The zero-order valence-corrected chi connectivity index (χ0v) is 13.3. The van der Waals surface area contributed by atoms with Crippen molar-refractivity contribution in [2.24, 2.45) is 10.2 Å². The molecule has 0 aliphatic carbocycles.